The highest BCUT2D eigenvalue weighted by molar-refractivity contribution is 5.30. The van der Waals surface area contributed by atoms with Gasteiger partial charge in [0.05, 0.1) is 5.56 Å². The SMILES string of the molecule is CCCCCC(NN)c1cccc(C(F)(F)F)c1F. The van der Waals surface area contributed by atoms with Crippen LogP contribution in [0.2, 0.25) is 0 Å². The van der Waals surface area contributed by atoms with Gasteiger partial charge in [0.15, 0.2) is 0 Å². The molecule has 3 N–H and O–H groups in total. The van der Waals surface area contributed by atoms with Crippen LogP contribution >= 0.6 is 0 Å². The van der Waals surface area contributed by atoms with Gasteiger partial charge in [-0.2, -0.15) is 13.2 Å². The topological polar surface area (TPSA) is 38.0 Å². The Kier molecular flexibility index (Phi) is 5.75. The molecule has 0 radical (unpaired) electrons. The minimum absolute atomic E-state index is 0.0339. The van der Waals surface area contributed by atoms with E-state index in [0.717, 1.165) is 25.3 Å². The fourth-order valence-corrected chi connectivity index (χ4v) is 1.96. The van der Waals surface area contributed by atoms with Gasteiger partial charge < -0.3 is 0 Å². The highest BCUT2D eigenvalue weighted by atomic mass is 19.4. The van der Waals surface area contributed by atoms with Crippen molar-refractivity contribution in [3.63, 3.8) is 0 Å². The van der Waals surface area contributed by atoms with Crippen LogP contribution in [0.3, 0.4) is 0 Å². The van der Waals surface area contributed by atoms with Crippen LogP contribution in [0.5, 0.6) is 0 Å². The predicted molar refractivity (Wildman–Crippen MR) is 65.6 cm³/mol. The van der Waals surface area contributed by atoms with Crippen LogP contribution < -0.4 is 11.3 Å². The van der Waals surface area contributed by atoms with Crippen LogP contribution in [0, 0.1) is 5.82 Å². The first-order valence-corrected chi connectivity index (χ1v) is 6.23. The van der Waals surface area contributed by atoms with Gasteiger partial charge in [0.2, 0.25) is 0 Å². The number of benzene rings is 1. The van der Waals surface area contributed by atoms with E-state index in [1.54, 1.807) is 0 Å². The Hall–Kier alpha value is -1.14. The molecule has 108 valence electrons. The summed E-state index contributed by atoms with van der Waals surface area (Å²) < 4.78 is 51.7. The van der Waals surface area contributed by atoms with Crippen LogP contribution in [-0.2, 0) is 6.18 Å². The molecule has 1 rings (SSSR count). The monoisotopic (exact) mass is 278 g/mol. The zero-order valence-electron chi connectivity index (χ0n) is 10.7. The van der Waals surface area contributed by atoms with Crippen LogP contribution in [-0.4, -0.2) is 0 Å². The first-order chi connectivity index (χ1) is 8.91. The smallest absolute Gasteiger partial charge is 0.271 e. The van der Waals surface area contributed by atoms with Crippen LogP contribution in [0.15, 0.2) is 18.2 Å². The summed E-state index contributed by atoms with van der Waals surface area (Å²) in [6, 6.07) is 2.67. The molecule has 0 aliphatic heterocycles. The number of rotatable bonds is 6. The molecule has 1 atom stereocenters. The summed E-state index contributed by atoms with van der Waals surface area (Å²) in [7, 11) is 0. The van der Waals surface area contributed by atoms with Gasteiger partial charge in [0, 0.05) is 11.6 Å². The van der Waals surface area contributed by atoms with Gasteiger partial charge in [-0.3, -0.25) is 11.3 Å². The lowest BCUT2D eigenvalue weighted by Crippen LogP contribution is -2.29. The molecule has 0 amide bonds. The average Bonchev–Trinajstić information content (AvgIpc) is 2.34. The summed E-state index contributed by atoms with van der Waals surface area (Å²) in [6.07, 6.45) is -1.51. The van der Waals surface area contributed by atoms with Crippen molar-refractivity contribution in [1.82, 2.24) is 5.43 Å². The van der Waals surface area contributed by atoms with Crippen molar-refractivity contribution in [1.29, 1.82) is 0 Å². The molecule has 1 aromatic rings. The molecule has 0 bridgehead atoms. The number of hydrogen-bond acceptors (Lipinski definition) is 2. The maximum absolute atomic E-state index is 13.9. The lowest BCUT2D eigenvalue weighted by molar-refractivity contribution is -0.140. The van der Waals surface area contributed by atoms with Crippen molar-refractivity contribution in [2.24, 2.45) is 5.84 Å². The highest BCUT2D eigenvalue weighted by Gasteiger charge is 2.35. The van der Waals surface area contributed by atoms with E-state index < -0.39 is 23.6 Å². The van der Waals surface area contributed by atoms with Crippen molar-refractivity contribution >= 4 is 0 Å². The second-order valence-electron chi connectivity index (χ2n) is 4.42. The van der Waals surface area contributed by atoms with Crippen LogP contribution in [0.4, 0.5) is 17.6 Å². The molecule has 0 aliphatic carbocycles. The number of nitrogens with one attached hydrogen (secondary N) is 1. The van der Waals surface area contributed by atoms with E-state index in [1.807, 2.05) is 6.92 Å². The number of nitrogens with two attached hydrogens (primary N) is 1. The minimum Gasteiger partial charge on any atom is -0.271 e. The number of halogens is 4. The molecule has 0 spiro atoms. The van der Waals surface area contributed by atoms with E-state index in [-0.39, 0.29) is 5.56 Å². The summed E-state index contributed by atoms with van der Waals surface area (Å²) in [5, 5.41) is 0. The van der Waals surface area contributed by atoms with Gasteiger partial charge >= 0.3 is 6.18 Å². The molecule has 1 unspecified atom stereocenters. The lowest BCUT2D eigenvalue weighted by Gasteiger charge is -2.19. The number of hydrogen-bond donors (Lipinski definition) is 2. The van der Waals surface area contributed by atoms with Crippen LogP contribution in [0.1, 0.15) is 49.8 Å². The standard InChI is InChI=1S/C13H18F4N2/c1-2-3-4-8-11(19-18)9-6-5-7-10(12(9)14)13(15,16)17/h5-7,11,19H,2-4,8,18H2,1H3. The first kappa shape index (κ1) is 15.9. The second-order valence-corrected chi connectivity index (χ2v) is 4.42. The van der Waals surface area contributed by atoms with Gasteiger partial charge in [-0.05, 0) is 12.5 Å². The molecule has 0 aromatic heterocycles. The maximum atomic E-state index is 13.9. The fourth-order valence-electron chi connectivity index (χ4n) is 1.96. The summed E-state index contributed by atoms with van der Waals surface area (Å²) >= 11 is 0. The molecule has 0 saturated heterocycles. The van der Waals surface area contributed by atoms with Crippen molar-refractivity contribution in [2.45, 2.75) is 44.8 Å². The van der Waals surface area contributed by atoms with Gasteiger partial charge in [-0.25, -0.2) is 4.39 Å². The molecule has 0 aliphatic rings. The second kappa shape index (κ2) is 6.86. The summed E-state index contributed by atoms with van der Waals surface area (Å²) in [6.45, 7) is 2.01. The summed E-state index contributed by atoms with van der Waals surface area (Å²) in [4.78, 5) is 0. The van der Waals surface area contributed by atoms with E-state index >= 15 is 0 Å². The highest BCUT2D eigenvalue weighted by Crippen LogP contribution is 2.34. The number of hydrazine groups is 1. The third kappa shape index (κ3) is 4.18. The van der Waals surface area contributed by atoms with Crippen LogP contribution in [0.25, 0.3) is 0 Å². The molecular formula is C13H18F4N2. The summed E-state index contributed by atoms with van der Waals surface area (Å²) in [5.41, 5.74) is 1.11. The van der Waals surface area contributed by atoms with Crippen molar-refractivity contribution in [3.8, 4) is 0 Å². The third-order valence-corrected chi connectivity index (χ3v) is 3.01. The van der Waals surface area contributed by atoms with Gasteiger partial charge in [0.1, 0.15) is 5.82 Å². The van der Waals surface area contributed by atoms with E-state index in [9.17, 15) is 17.6 Å². The van der Waals surface area contributed by atoms with E-state index in [2.05, 4.69) is 5.43 Å². The molecule has 0 saturated carbocycles. The normalized spacial score (nSPS) is 13.6. The molecule has 6 heteroatoms. The van der Waals surface area contributed by atoms with E-state index in [1.165, 1.54) is 12.1 Å². The molecular weight excluding hydrogens is 260 g/mol. The molecule has 0 fully saturated rings. The quantitative estimate of drug-likeness (QED) is 0.358. The number of unbranched alkanes of at least 4 members (excludes halogenated alkanes) is 2. The molecule has 19 heavy (non-hydrogen) atoms. The Labute approximate surface area is 110 Å². The van der Waals surface area contributed by atoms with Gasteiger partial charge in [-0.1, -0.05) is 38.3 Å². The average molecular weight is 278 g/mol. The third-order valence-electron chi connectivity index (χ3n) is 3.01. The lowest BCUT2D eigenvalue weighted by atomic mass is 9.98. The first-order valence-electron chi connectivity index (χ1n) is 6.23. The van der Waals surface area contributed by atoms with Crippen molar-refractivity contribution < 1.29 is 17.6 Å². The number of alkyl halides is 3. The maximum Gasteiger partial charge on any atom is 0.419 e. The van der Waals surface area contributed by atoms with Gasteiger partial charge in [0.25, 0.3) is 0 Å². The molecule has 2 nitrogen and oxygen atoms in total. The Bertz CT molecular complexity index is 404. The summed E-state index contributed by atoms with van der Waals surface area (Å²) in [5.74, 6) is 4.08. The van der Waals surface area contributed by atoms with E-state index in [4.69, 9.17) is 5.84 Å². The predicted octanol–water partition coefficient (Wildman–Crippen LogP) is 3.93. The molecule has 1 aromatic carbocycles. The Morgan fingerprint density at radius 3 is 2.47 bits per heavy atom. The zero-order valence-corrected chi connectivity index (χ0v) is 10.7. The Morgan fingerprint density at radius 2 is 1.95 bits per heavy atom. The van der Waals surface area contributed by atoms with Gasteiger partial charge in [-0.15, -0.1) is 0 Å². The minimum atomic E-state index is -4.69. The Morgan fingerprint density at radius 1 is 1.26 bits per heavy atom. The molecule has 0 heterocycles. The largest absolute Gasteiger partial charge is 0.419 e. The van der Waals surface area contributed by atoms with E-state index in [0.29, 0.717) is 6.42 Å². The van der Waals surface area contributed by atoms with Crippen molar-refractivity contribution in [3.05, 3.63) is 35.1 Å². The zero-order chi connectivity index (χ0) is 14.5. The van der Waals surface area contributed by atoms with Crippen molar-refractivity contribution in [2.75, 3.05) is 0 Å². The Balaban J connectivity index is 2.98. The fraction of sp³-hybridized carbons (Fsp3) is 0.538.